The van der Waals surface area contributed by atoms with Gasteiger partial charge in [-0.25, -0.2) is 9.48 Å². The average Bonchev–Trinajstić information content (AvgIpc) is 2.80. The van der Waals surface area contributed by atoms with Crippen LogP contribution in [0.3, 0.4) is 0 Å². The third-order valence-electron chi connectivity index (χ3n) is 2.60. The summed E-state index contributed by atoms with van der Waals surface area (Å²) in [5, 5.41) is 13.4. The average molecular weight is 300 g/mol. The van der Waals surface area contributed by atoms with Crippen molar-refractivity contribution in [3.63, 3.8) is 0 Å². The van der Waals surface area contributed by atoms with E-state index in [9.17, 15) is 23.1 Å². The fraction of sp³-hybridized carbons (Fsp3) is 0.231. The fourth-order valence-electron chi connectivity index (χ4n) is 1.67. The van der Waals surface area contributed by atoms with Crippen molar-refractivity contribution in [2.45, 2.75) is 13.1 Å². The highest BCUT2D eigenvalue weighted by Crippen LogP contribution is 2.30. The maximum absolute atomic E-state index is 12.6. The Morgan fingerprint density at radius 3 is 2.76 bits per heavy atom. The van der Waals surface area contributed by atoms with Crippen LogP contribution in [-0.2, 0) is 10.9 Å². The zero-order valence-electron chi connectivity index (χ0n) is 10.9. The van der Waals surface area contributed by atoms with Crippen molar-refractivity contribution in [1.29, 1.82) is 0 Å². The van der Waals surface area contributed by atoms with Crippen molar-refractivity contribution >= 4 is 5.97 Å². The van der Waals surface area contributed by atoms with E-state index in [-0.39, 0.29) is 18.0 Å². The molecule has 112 valence electrons. The molecule has 8 heteroatoms. The second-order valence-electron chi connectivity index (χ2n) is 4.08. The second kappa shape index (κ2) is 5.47. The predicted molar refractivity (Wildman–Crippen MR) is 66.2 cm³/mol. The molecule has 0 atom stereocenters. The summed E-state index contributed by atoms with van der Waals surface area (Å²) in [5.74, 6) is -1.31. The normalized spacial score (nSPS) is 11.4. The lowest BCUT2D eigenvalue weighted by molar-refractivity contribution is -0.137. The van der Waals surface area contributed by atoms with Crippen molar-refractivity contribution in [2.75, 3.05) is 6.61 Å². The van der Waals surface area contributed by atoms with Crippen LogP contribution in [-0.4, -0.2) is 27.5 Å². The van der Waals surface area contributed by atoms with Gasteiger partial charge in [0.15, 0.2) is 5.75 Å². The van der Waals surface area contributed by atoms with Crippen LogP contribution in [0.1, 0.15) is 23.0 Å². The number of aromatic hydroxyl groups is 1. The zero-order valence-corrected chi connectivity index (χ0v) is 10.9. The maximum atomic E-state index is 12.6. The topological polar surface area (TPSA) is 64.3 Å². The number of esters is 1. The Morgan fingerprint density at radius 1 is 1.43 bits per heavy atom. The van der Waals surface area contributed by atoms with Gasteiger partial charge in [0.1, 0.15) is 0 Å². The molecule has 0 aliphatic heterocycles. The molecule has 21 heavy (non-hydrogen) atoms. The quantitative estimate of drug-likeness (QED) is 0.885. The van der Waals surface area contributed by atoms with Gasteiger partial charge >= 0.3 is 12.1 Å². The third kappa shape index (κ3) is 3.15. The summed E-state index contributed by atoms with van der Waals surface area (Å²) in [7, 11) is 0. The van der Waals surface area contributed by atoms with Crippen LogP contribution in [0.25, 0.3) is 5.69 Å². The molecule has 5 nitrogen and oxygen atoms in total. The molecule has 0 amide bonds. The summed E-state index contributed by atoms with van der Waals surface area (Å²) in [4.78, 5) is 11.5. The van der Waals surface area contributed by atoms with Gasteiger partial charge in [-0.05, 0) is 25.1 Å². The number of nitrogens with zero attached hydrogens (tertiary/aromatic N) is 2. The summed E-state index contributed by atoms with van der Waals surface area (Å²) in [6, 6.07) is 4.36. The number of benzene rings is 1. The van der Waals surface area contributed by atoms with Crippen molar-refractivity contribution in [2.24, 2.45) is 0 Å². The minimum absolute atomic E-state index is 0.0654. The molecule has 0 aliphatic rings. The smallest absolute Gasteiger partial charge is 0.416 e. The first-order valence-electron chi connectivity index (χ1n) is 5.96. The van der Waals surface area contributed by atoms with Crippen LogP contribution < -0.4 is 0 Å². The van der Waals surface area contributed by atoms with Gasteiger partial charge in [-0.1, -0.05) is 6.07 Å². The number of carbonyl (C=O) groups excluding carboxylic acids is 1. The van der Waals surface area contributed by atoms with Crippen LogP contribution in [0.2, 0.25) is 0 Å². The third-order valence-corrected chi connectivity index (χ3v) is 2.60. The van der Waals surface area contributed by atoms with Crippen LogP contribution in [0.5, 0.6) is 5.75 Å². The number of rotatable bonds is 3. The lowest BCUT2D eigenvalue weighted by atomic mass is 10.2. The van der Waals surface area contributed by atoms with Crippen molar-refractivity contribution in [3.8, 4) is 11.4 Å². The second-order valence-corrected chi connectivity index (χ2v) is 4.08. The molecule has 0 saturated carbocycles. The molecule has 1 aromatic heterocycles. The van der Waals surface area contributed by atoms with Crippen LogP contribution in [0.4, 0.5) is 13.2 Å². The predicted octanol–water partition coefficient (Wildman–Crippen LogP) is 2.77. The number of hydrogen-bond donors (Lipinski definition) is 1. The highest BCUT2D eigenvalue weighted by molar-refractivity contribution is 5.90. The molecule has 1 N–H and O–H groups in total. The molecule has 0 spiro atoms. The molecule has 0 saturated heterocycles. The Hall–Kier alpha value is -2.51. The van der Waals surface area contributed by atoms with Gasteiger partial charge < -0.3 is 9.84 Å². The highest BCUT2D eigenvalue weighted by atomic mass is 19.4. The van der Waals surface area contributed by atoms with Gasteiger partial charge in [0.25, 0.3) is 0 Å². The van der Waals surface area contributed by atoms with E-state index in [1.54, 1.807) is 6.92 Å². The number of ether oxygens (including phenoxy) is 1. The Labute approximate surface area is 117 Å². The number of halogens is 3. The van der Waals surface area contributed by atoms with Gasteiger partial charge in [-0.15, -0.1) is 0 Å². The lowest BCUT2D eigenvalue weighted by Crippen LogP contribution is -2.08. The number of hydrogen-bond acceptors (Lipinski definition) is 4. The first-order chi connectivity index (χ1) is 9.82. The lowest BCUT2D eigenvalue weighted by Gasteiger charge is -2.08. The van der Waals surface area contributed by atoms with Gasteiger partial charge in [-0.2, -0.15) is 18.3 Å². The Morgan fingerprint density at radius 2 is 2.14 bits per heavy atom. The summed E-state index contributed by atoms with van der Waals surface area (Å²) in [5.41, 5.74) is -1.14. The summed E-state index contributed by atoms with van der Waals surface area (Å²) < 4.78 is 43.6. The largest absolute Gasteiger partial charge is 0.504 e. The minimum atomic E-state index is -4.49. The Balaban J connectivity index is 2.40. The van der Waals surface area contributed by atoms with E-state index in [0.29, 0.717) is 0 Å². The molecule has 2 rings (SSSR count). The Kier molecular flexibility index (Phi) is 3.88. The fourth-order valence-corrected chi connectivity index (χ4v) is 1.67. The van der Waals surface area contributed by atoms with Gasteiger partial charge in [-0.3, -0.25) is 0 Å². The van der Waals surface area contributed by atoms with Gasteiger partial charge in [0, 0.05) is 0 Å². The molecule has 1 heterocycles. The molecular weight excluding hydrogens is 289 g/mol. The van der Waals surface area contributed by atoms with Crippen LogP contribution in [0, 0.1) is 0 Å². The van der Waals surface area contributed by atoms with E-state index in [1.807, 2.05) is 0 Å². The first kappa shape index (κ1) is 14.9. The first-order valence-corrected chi connectivity index (χ1v) is 5.96. The van der Waals surface area contributed by atoms with Crippen molar-refractivity contribution in [1.82, 2.24) is 9.78 Å². The van der Waals surface area contributed by atoms with Crippen LogP contribution in [0.15, 0.2) is 30.5 Å². The van der Waals surface area contributed by atoms with Crippen molar-refractivity contribution in [3.05, 3.63) is 41.7 Å². The zero-order chi connectivity index (χ0) is 15.6. The molecule has 0 radical (unpaired) electrons. The number of aromatic nitrogens is 2. The summed E-state index contributed by atoms with van der Waals surface area (Å²) >= 11 is 0. The van der Waals surface area contributed by atoms with E-state index in [0.717, 1.165) is 23.0 Å². The number of alkyl halides is 3. The van der Waals surface area contributed by atoms with E-state index in [1.165, 1.54) is 12.1 Å². The van der Waals surface area contributed by atoms with Crippen molar-refractivity contribution < 1.29 is 27.8 Å². The standard InChI is InChI=1S/C13H11F3N2O3/c1-2-21-12(20)11-10(19)7-18(17-11)9-5-3-4-8(6-9)13(14,15)16/h3-7,19H,2H2,1H3. The maximum Gasteiger partial charge on any atom is 0.416 e. The van der Waals surface area contributed by atoms with E-state index >= 15 is 0 Å². The van der Waals surface area contributed by atoms with Gasteiger partial charge in [0.2, 0.25) is 5.69 Å². The Bertz CT molecular complexity index is 665. The number of carbonyl (C=O) groups is 1. The monoisotopic (exact) mass is 300 g/mol. The molecular formula is C13H11F3N2O3. The van der Waals surface area contributed by atoms with Gasteiger partial charge in [0.05, 0.1) is 24.1 Å². The molecule has 0 unspecified atom stereocenters. The molecule has 0 bridgehead atoms. The molecule has 1 aromatic carbocycles. The van der Waals surface area contributed by atoms with Crippen LogP contribution >= 0.6 is 0 Å². The molecule has 0 fully saturated rings. The molecule has 0 aliphatic carbocycles. The SMILES string of the molecule is CCOC(=O)c1nn(-c2cccc(C(F)(F)F)c2)cc1O. The minimum Gasteiger partial charge on any atom is -0.504 e. The highest BCUT2D eigenvalue weighted by Gasteiger charge is 2.30. The summed E-state index contributed by atoms with van der Waals surface area (Å²) in [6.45, 7) is 1.67. The van der Waals surface area contributed by atoms with E-state index < -0.39 is 23.5 Å². The van der Waals surface area contributed by atoms with E-state index in [2.05, 4.69) is 9.84 Å². The molecule has 2 aromatic rings. The van der Waals surface area contributed by atoms with E-state index in [4.69, 9.17) is 0 Å². The summed E-state index contributed by atoms with van der Waals surface area (Å²) in [6.07, 6.45) is -3.45.